The number of aromatic nitrogens is 2. The number of ether oxygens (including phenoxy) is 1. The second kappa shape index (κ2) is 4.75. The van der Waals surface area contributed by atoms with Crippen molar-refractivity contribution in [3.8, 4) is 5.75 Å². The summed E-state index contributed by atoms with van der Waals surface area (Å²) in [7, 11) is 3.61. The summed E-state index contributed by atoms with van der Waals surface area (Å²) in [6.45, 7) is 5.12. The van der Waals surface area contributed by atoms with Gasteiger partial charge in [0.05, 0.1) is 24.7 Å². The molecule has 0 radical (unpaired) electrons. The van der Waals surface area contributed by atoms with Gasteiger partial charge in [0.15, 0.2) is 0 Å². The van der Waals surface area contributed by atoms with Gasteiger partial charge in [-0.3, -0.25) is 0 Å². The molecule has 0 aliphatic carbocycles. The van der Waals surface area contributed by atoms with Gasteiger partial charge in [-0.1, -0.05) is 0 Å². The molecule has 0 atom stereocenters. The molecule has 1 heterocycles. The molecule has 0 bridgehead atoms. The van der Waals surface area contributed by atoms with Crippen LogP contribution in [0.15, 0.2) is 18.2 Å². The second-order valence-corrected chi connectivity index (χ2v) is 4.38. The number of nitrogens with zero attached hydrogens (tertiary/aromatic N) is 2. The van der Waals surface area contributed by atoms with Crippen LogP contribution in [0.25, 0.3) is 11.0 Å². The maximum atomic E-state index is 5.23. The van der Waals surface area contributed by atoms with Crippen molar-refractivity contribution in [3.05, 3.63) is 24.0 Å². The third kappa shape index (κ3) is 2.13. The Labute approximate surface area is 102 Å². The van der Waals surface area contributed by atoms with E-state index in [1.54, 1.807) is 7.11 Å². The van der Waals surface area contributed by atoms with Crippen molar-refractivity contribution in [3.63, 3.8) is 0 Å². The summed E-state index contributed by atoms with van der Waals surface area (Å²) in [4.78, 5) is 4.65. The number of fused-ring (bicyclic) bond motifs is 1. The predicted octanol–water partition coefficient (Wildman–Crippen LogP) is 2.35. The highest BCUT2D eigenvalue weighted by Crippen LogP contribution is 2.24. The topological polar surface area (TPSA) is 39.1 Å². The first-order valence-corrected chi connectivity index (χ1v) is 5.86. The number of nitrogens with one attached hydrogen (secondary N) is 1. The average molecular weight is 233 g/mol. The Morgan fingerprint density at radius 1 is 1.41 bits per heavy atom. The second-order valence-electron chi connectivity index (χ2n) is 4.38. The van der Waals surface area contributed by atoms with Crippen molar-refractivity contribution in [1.29, 1.82) is 0 Å². The van der Waals surface area contributed by atoms with Gasteiger partial charge < -0.3 is 14.6 Å². The molecule has 0 fully saturated rings. The molecule has 2 rings (SSSR count). The van der Waals surface area contributed by atoms with Gasteiger partial charge in [-0.15, -0.1) is 0 Å². The molecule has 1 aromatic carbocycles. The molecule has 1 aromatic heterocycles. The quantitative estimate of drug-likeness (QED) is 0.881. The van der Waals surface area contributed by atoms with Crippen molar-refractivity contribution in [1.82, 2.24) is 14.9 Å². The zero-order valence-electron chi connectivity index (χ0n) is 10.8. The summed E-state index contributed by atoms with van der Waals surface area (Å²) in [5.41, 5.74) is 2.15. The lowest BCUT2D eigenvalue weighted by Crippen LogP contribution is -2.13. The molecule has 1 N–H and O–H groups in total. The minimum absolute atomic E-state index is 0.400. The summed E-state index contributed by atoms with van der Waals surface area (Å²) in [5.74, 6) is 1.91. The van der Waals surface area contributed by atoms with E-state index in [1.165, 1.54) is 0 Å². The van der Waals surface area contributed by atoms with E-state index in [9.17, 15) is 0 Å². The predicted molar refractivity (Wildman–Crippen MR) is 69.4 cm³/mol. The Hall–Kier alpha value is -1.55. The first-order valence-electron chi connectivity index (χ1n) is 5.86. The van der Waals surface area contributed by atoms with Gasteiger partial charge in [0.25, 0.3) is 0 Å². The van der Waals surface area contributed by atoms with Crippen molar-refractivity contribution in [2.45, 2.75) is 26.4 Å². The lowest BCUT2D eigenvalue weighted by Gasteiger charge is -2.12. The fourth-order valence-corrected chi connectivity index (χ4v) is 2.11. The average Bonchev–Trinajstić information content (AvgIpc) is 2.66. The third-order valence-electron chi connectivity index (χ3n) is 2.82. The molecule has 0 spiro atoms. The fraction of sp³-hybridized carbons (Fsp3) is 0.462. The lowest BCUT2D eigenvalue weighted by molar-refractivity contribution is 0.415. The Balaban J connectivity index is 2.61. The molecular weight excluding hydrogens is 214 g/mol. The van der Waals surface area contributed by atoms with E-state index < -0.39 is 0 Å². The van der Waals surface area contributed by atoms with Crippen LogP contribution in [0.5, 0.6) is 5.75 Å². The van der Waals surface area contributed by atoms with Crippen LogP contribution >= 0.6 is 0 Å². The minimum atomic E-state index is 0.400. The Bertz CT molecular complexity index is 517. The first-order chi connectivity index (χ1) is 8.17. The SMILES string of the molecule is CNCc1nc2cc(OC)ccc2n1C(C)C. The van der Waals surface area contributed by atoms with Crippen molar-refractivity contribution in [2.24, 2.45) is 0 Å². The normalized spacial score (nSPS) is 11.4. The van der Waals surface area contributed by atoms with Gasteiger partial charge in [0, 0.05) is 12.1 Å². The molecule has 0 saturated carbocycles. The monoisotopic (exact) mass is 233 g/mol. The van der Waals surface area contributed by atoms with Gasteiger partial charge >= 0.3 is 0 Å². The first kappa shape index (κ1) is 11.9. The fourth-order valence-electron chi connectivity index (χ4n) is 2.11. The molecule has 4 heteroatoms. The number of benzene rings is 1. The highest BCUT2D eigenvalue weighted by atomic mass is 16.5. The van der Waals surface area contributed by atoms with Crippen LogP contribution in [0.2, 0.25) is 0 Å². The lowest BCUT2D eigenvalue weighted by atomic mass is 10.2. The van der Waals surface area contributed by atoms with Crippen molar-refractivity contribution >= 4 is 11.0 Å². The van der Waals surface area contributed by atoms with E-state index in [0.717, 1.165) is 29.2 Å². The summed E-state index contributed by atoms with van der Waals surface area (Å²) >= 11 is 0. The van der Waals surface area contributed by atoms with E-state index in [4.69, 9.17) is 4.74 Å². The molecule has 2 aromatic rings. The number of imidazole rings is 1. The van der Waals surface area contributed by atoms with Gasteiger partial charge in [0.1, 0.15) is 11.6 Å². The smallest absolute Gasteiger partial charge is 0.124 e. The molecule has 0 amide bonds. The molecule has 17 heavy (non-hydrogen) atoms. The molecule has 0 unspecified atom stereocenters. The highest BCUT2D eigenvalue weighted by Gasteiger charge is 2.12. The molecular formula is C13H19N3O. The Morgan fingerprint density at radius 2 is 2.18 bits per heavy atom. The summed E-state index contributed by atoms with van der Waals surface area (Å²) in [5, 5.41) is 3.15. The number of rotatable bonds is 4. The van der Waals surface area contributed by atoms with Crippen LogP contribution in [-0.4, -0.2) is 23.7 Å². The van der Waals surface area contributed by atoms with Crippen LogP contribution in [0.4, 0.5) is 0 Å². The zero-order chi connectivity index (χ0) is 12.4. The van der Waals surface area contributed by atoms with Crippen LogP contribution < -0.4 is 10.1 Å². The maximum absolute atomic E-state index is 5.23. The standard InChI is InChI=1S/C13H19N3O/c1-9(2)16-12-6-5-10(17-4)7-11(12)15-13(16)8-14-3/h5-7,9,14H,8H2,1-4H3. The van der Waals surface area contributed by atoms with Crippen LogP contribution in [0.1, 0.15) is 25.7 Å². The van der Waals surface area contributed by atoms with Crippen molar-refractivity contribution in [2.75, 3.05) is 14.2 Å². The van der Waals surface area contributed by atoms with E-state index in [0.29, 0.717) is 6.04 Å². The molecule has 92 valence electrons. The molecule has 0 saturated heterocycles. The summed E-state index contributed by atoms with van der Waals surface area (Å²) in [6, 6.07) is 6.43. The third-order valence-corrected chi connectivity index (χ3v) is 2.82. The minimum Gasteiger partial charge on any atom is -0.497 e. The zero-order valence-corrected chi connectivity index (χ0v) is 10.8. The van der Waals surface area contributed by atoms with Gasteiger partial charge in [0.2, 0.25) is 0 Å². The van der Waals surface area contributed by atoms with Crippen LogP contribution in [0.3, 0.4) is 0 Å². The van der Waals surface area contributed by atoms with Crippen LogP contribution in [0, 0.1) is 0 Å². The maximum Gasteiger partial charge on any atom is 0.124 e. The largest absolute Gasteiger partial charge is 0.497 e. The highest BCUT2D eigenvalue weighted by molar-refractivity contribution is 5.78. The van der Waals surface area contributed by atoms with Gasteiger partial charge in [-0.2, -0.15) is 0 Å². The number of hydrogen-bond donors (Lipinski definition) is 1. The van der Waals surface area contributed by atoms with E-state index in [2.05, 4.69) is 34.8 Å². The van der Waals surface area contributed by atoms with E-state index in [1.807, 2.05) is 19.2 Å². The van der Waals surface area contributed by atoms with Crippen molar-refractivity contribution < 1.29 is 4.74 Å². The molecule has 0 aliphatic rings. The number of methoxy groups -OCH3 is 1. The molecule has 4 nitrogen and oxygen atoms in total. The van der Waals surface area contributed by atoms with Gasteiger partial charge in [-0.05, 0) is 33.0 Å². The van der Waals surface area contributed by atoms with Gasteiger partial charge in [-0.25, -0.2) is 4.98 Å². The molecule has 0 aliphatic heterocycles. The van der Waals surface area contributed by atoms with Crippen LogP contribution in [-0.2, 0) is 6.54 Å². The Morgan fingerprint density at radius 3 is 2.76 bits per heavy atom. The van der Waals surface area contributed by atoms with E-state index >= 15 is 0 Å². The summed E-state index contributed by atoms with van der Waals surface area (Å²) < 4.78 is 7.48. The van der Waals surface area contributed by atoms with E-state index in [-0.39, 0.29) is 0 Å². The Kier molecular flexibility index (Phi) is 3.33. The summed E-state index contributed by atoms with van der Waals surface area (Å²) in [6.07, 6.45) is 0. The number of hydrogen-bond acceptors (Lipinski definition) is 3.